The highest BCUT2D eigenvalue weighted by Crippen LogP contribution is 2.21. The molecule has 1 atom stereocenters. The first-order valence-electron chi connectivity index (χ1n) is 4.72. The Labute approximate surface area is 94.8 Å². The summed E-state index contributed by atoms with van der Waals surface area (Å²) in [7, 11) is 0. The van der Waals surface area contributed by atoms with E-state index in [0.717, 1.165) is 6.42 Å². The van der Waals surface area contributed by atoms with E-state index in [2.05, 4.69) is 0 Å². The SMILES string of the molecule is C.C.CCC(C)(C)C(=O)OCC(C)CO. The summed E-state index contributed by atoms with van der Waals surface area (Å²) < 4.78 is 5.05. The molecule has 0 amide bonds. The number of aliphatic hydroxyl groups excluding tert-OH is 1. The molecule has 0 aromatic rings. The topological polar surface area (TPSA) is 46.5 Å². The molecule has 0 aliphatic carbocycles. The van der Waals surface area contributed by atoms with Gasteiger partial charge < -0.3 is 9.84 Å². The van der Waals surface area contributed by atoms with Gasteiger partial charge in [-0.3, -0.25) is 4.79 Å². The highest BCUT2D eigenvalue weighted by molar-refractivity contribution is 5.75. The molecular weight excluding hydrogens is 192 g/mol. The summed E-state index contributed by atoms with van der Waals surface area (Å²) in [5.41, 5.74) is -0.408. The van der Waals surface area contributed by atoms with Crippen LogP contribution in [0.2, 0.25) is 0 Å². The maximum atomic E-state index is 11.4. The van der Waals surface area contributed by atoms with Gasteiger partial charge in [-0.15, -0.1) is 0 Å². The fraction of sp³-hybridized carbons (Fsp3) is 0.917. The molecule has 0 aromatic carbocycles. The van der Waals surface area contributed by atoms with Crippen LogP contribution in [0.4, 0.5) is 0 Å². The van der Waals surface area contributed by atoms with Crippen LogP contribution in [0.25, 0.3) is 0 Å². The van der Waals surface area contributed by atoms with Gasteiger partial charge in [0.1, 0.15) is 0 Å². The molecule has 15 heavy (non-hydrogen) atoms. The minimum Gasteiger partial charge on any atom is -0.465 e. The average Bonchev–Trinajstić information content (AvgIpc) is 2.13. The van der Waals surface area contributed by atoms with Gasteiger partial charge in [-0.25, -0.2) is 0 Å². The second-order valence-electron chi connectivity index (χ2n) is 4.12. The molecule has 0 bridgehead atoms. The molecule has 0 radical (unpaired) electrons. The smallest absolute Gasteiger partial charge is 0.311 e. The number of ether oxygens (including phenoxy) is 1. The number of rotatable bonds is 5. The Morgan fingerprint density at radius 3 is 2.20 bits per heavy atom. The van der Waals surface area contributed by atoms with E-state index in [1.165, 1.54) is 0 Å². The van der Waals surface area contributed by atoms with Crippen LogP contribution in [0.5, 0.6) is 0 Å². The number of carbonyl (C=O) groups excluding carboxylic acids is 1. The van der Waals surface area contributed by atoms with Crippen molar-refractivity contribution in [2.75, 3.05) is 13.2 Å². The number of hydrogen-bond acceptors (Lipinski definition) is 3. The summed E-state index contributed by atoms with van der Waals surface area (Å²) in [5, 5.41) is 8.72. The van der Waals surface area contributed by atoms with E-state index in [9.17, 15) is 4.79 Å². The van der Waals surface area contributed by atoms with Gasteiger partial charge in [0.15, 0.2) is 0 Å². The lowest BCUT2D eigenvalue weighted by molar-refractivity contribution is -0.155. The van der Waals surface area contributed by atoms with Crippen molar-refractivity contribution >= 4 is 5.97 Å². The molecule has 0 aliphatic rings. The summed E-state index contributed by atoms with van der Waals surface area (Å²) >= 11 is 0. The highest BCUT2D eigenvalue weighted by atomic mass is 16.5. The summed E-state index contributed by atoms with van der Waals surface area (Å²) in [6.07, 6.45) is 0.763. The standard InChI is InChI=1S/C10H20O3.2CH4/c1-5-10(3,4)9(12)13-7-8(2)6-11;;/h8,11H,5-7H2,1-4H3;2*1H4. The average molecular weight is 220 g/mol. The second-order valence-corrected chi connectivity index (χ2v) is 4.12. The lowest BCUT2D eigenvalue weighted by Gasteiger charge is -2.21. The van der Waals surface area contributed by atoms with Gasteiger partial charge in [0.25, 0.3) is 0 Å². The lowest BCUT2D eigenvalue weighted by atomic mass is 9.91. The molecule has 0 rings (SSSR count). The van der Waals surface area contributed by atoms with Gasteiger partial charge >= 0.3 is 5.97 Å². The van der Waals surface area contributed by atoms with Crippen molar-refractivity contribution < 1.29 is 14.6 Å². The molecular formula is C12H28O3. The van der Waals surface area contributed by atoms with E-state index in [4.69, 9.17) is 9.84 Å². The number of carbonyl (C=O) groups is 1. The summed E-state index contributed by atoms with van der Waals surface area (Å²) in [4.78, 5) is 11.4. The van der Waals surface area contributed by atoms with Gasteiger partial charge in [0.05, 0.1) is 12.0 Å². The Bertz CT molecular complexity index is 164. The van der Waals surface area contributed by atoms with Gasteiger partial charge in [0, 0.05) is 12.5 Å². The highest BCUT2D eigenvalue weighted by Gasteiger charge is 2.27. The second kappa shape index (κ2) is 8.72. The summed E-state index contributed by atoms with van der Waals surface area (Å²) in [5.74, 6) is -0.160. The van der Waals surface area contributed by atoms with E-state index >= 15 is 0 Å². The third-order valence-electron chi connectivity index (χ3n) is 2.25. The normalized spacial score (nSPS) is 12.1. The van der Waals surface area contributed by atoms with Crippen LogP contribution < -0.4 is 0 Å². The van der Waals surface area contributed by atoms with Crippen LogP contribution in [0, 0.1) is 11.3 Å². The molecule has 0 saturated heterocycles. The maximum Gasteiger partial charge on any atom is 0.311 e. The van der Waals surface area contributed by atoms with E-state index in [0.29, 0.717) is 6.61 Å². The molecule has 0 saturated carbocycles. The van der Waals surface area contributed by atoms with Crippen LogP contribution in [0.15, 0.2) is 0 Å². The van der Waals surface area contributed by atoms with Crippen molar-refractivity contribution in [2.45, 2.75) is 49.0 Å². The molecule has 3 heteroatoms. The van der Waals surface area contributed by atoms with Gasteiger partial charge in [0.2, 0.25) is 0 Å². The quantitative estimate of drug-likeness (QED) is 0.725. The van der Waals surface area contributed by atoms with Crippen LogP contribution >= 0.6 is 0 Å². The summed E-state index contributed by atoms with van der Waals surface area (Å²) in [6.45, 7) is 7.87. The monoisotopic (exact) mass is 220 g/mol. The molecule has 0 fully saturated rings. The summed E-state index contributed by atoms with van der Waals surface area (Å²) in [6, 6.07) is 0. The van der Waals surface area contributed by atoms with E-state index < -0.39 is 5.41 Å². The van der Waals surface area contributed by atoms with E-state index in [1.54, 1.807) is 0 Å². The minimum absolute atomic E-state index is 0. The molecule has 94 valence electrons. The molecule has 0 spiro atoms. The zero-order chi connectivity index (χ0) is 10.5. The predicted molar refractivity (Wildman–Crippen MR) is 64.7 cm³/mol. The zero-order valence-electron chi connectivity index (χ0n) is 8.96. The fourth-order valence-corrected chi connectivity index (χ4v) is 0.610. The minimum atomic E-state index is -0.408. The van der Waals surface area contributed by atoms with Crippen LogP contribution in [-0.2, 0) is 9.53 Å². The van der Waals surface area contributed by atoms with Crippen molar-refractivity contribution in [2.24, 2.45) is 11.3 Å². The zero-order valence-corrected chi connectivity index (χ0v) is 8.96. The van der Waals surface area contributed by atoms with Crippen LogP contribution in [-0.4, -0.2) is 24.3 Å². The Balaban J connectivity index is -0.000000720. The first-order valence-corrected chi connectivity index (χ1v) is 4.72. The molecule has 1 unspecified atom stereocenters. The van der Waals surface area contributed by atoms with Crippen molar-refractivity contribution in [3.8, 4) is 0 Å². The van der Waals surface area contributed by atoms with Gasteiger partial charge in [-0.1, -0.05) is 28.7 Å². The van der Waals surface area contributed by atoms with Crippen LogP contribution in [0.3, 0.4) is 0 Å². The van der Waals surface area contributed by atoms with Crippen molar-refractivity contribution in [1.82, 2.24) is 0 Å². The number of hydrogen-bond donors (Lipinski definition) is 1. The van der Waals surface area contributed by atoms with E-state index in [-0.39, 0.29) is 33.3 Å². The van der Waals surface area contributed by atoms with E-state index in [1.807, 2.05) is 27.7 Å². The molecule has 0 heterocycles. The van der Waals surface area contributed by atoms with Crippen molar-refractivity contribution in [3.05, 3.63) is 0 Å². The fourth-order valence-electron chi connectivity index (χ4n) is 0.610. The molecule has 3 nitrogen and oxygen atoms in total. The number of esters is 1. The largest absolute Gasteiger partial charge is 0.465 e. The maximum absolute atomic E-state index is 11.4. The molecule has 0 aliphatic heterocycles. The van der Waals surface area contributed by atoms with Gasteiger partial charge in [-0.05, 0) is 20.3 Å². The Morgan fingerprint density at radius 2 is 1.87 bits per heavy atom. The van der Waals surface area contributed by atoms with Crippen molar-refractivity contribution in [1.29, 1.82) is 0 Å². The molecule has 1 N–H and O–H groups in total. The lowest BCUT2D eigenvalue weighted by Crippen LogP contribution is -2.27. The Kier molecular flexibility index (Phi) is 11.6. The van der Waals surface area contributed by atoms with Crippen LogP contribution in [0.1, 0.15) is 49.0 Å². The first-order chi connectivity index (χ1) is 5.94. The Hall–Kier alpha value is -0.570. The third-order valence-corrected chi connectivity index (χ3v) is 2.25. The van der Waals surface area contributed by atoms with Crippen molar-refractivity contribution in [3.63, 3.8) is 0 Å². The van der Waals surface area contributed by atoms with Gasteiger partial charge in [-0.2, -0.15) is 0 Å². The predicted octanol–water partition coefficient (Wildman–Crippen LogP) is 2.87. The first kappa shape index (κ1) is 19.9. The number of aliphatic hydroxyl groups is 1. The Morgan fingerprint density at radius 1 is 1.40 bits per heavy atom. The molecule has 0 aromatic heterocycles. The third kappa shape index (κ3) is 7.37.